The van der Waals surface area contributed by atoms with Gasteiger partial charge >= 0.3 is 0 Å². The number of benzene rings is 1. The summed E-state index contributed by atoms with van der Waals surface area (Å²) in [6.45, 7) is 4.14. The highest BCUT2D eigenvalue weighted by Crippen LogP contribution is 2.34. The molecule has 0 aliphatic carbocycles. The summed E-state index contributed by atoms with van der Waals surface area (Å²) < 4.78 is 20.9. The third-order valence-electron chi connectivity index (χ3n) is 6.39. The van der Waals surface area contributed by atoms with Crippen LogP contribution in [0.2, 0.25) is 0 Å². The van der Waals surface area contributed by atoms with Crippen LogP contribution in [0.15, 0.2) is 41.7 Å². The summed E-state index contributed by atoms with van der Waals surface area (Å²) in [6.07, 6.45) is 7.01. The lowest BCUT2D eigenvalue weighted by Crippen LogP contribution is -2.48. The Morgan fingerprint density at radius 2 is 2.07 bits per heavy atom. The van der Waals surface area contributed by atoms with Crippen LogP contribution in [0.5, 0.6) is 0 Å². The summed E-state index contributed by atoms with van der Waals surface area (Å²) in [5.74, 6) is 1.22. The number of aromatic nitrogens is 2. The minimum absolute atomic E-state index is 0.0651. The molecular weight excluding hydrogens is 369 g/mol. The molecule has 4 rings (SSSR count). The van der Waals surface area contributed by atoms with Gasteiger partial charge in [-0.05, 0) is 42.5 Å². The number of hydrogen-bond acceptors (Lipinski definition) is 3. The molecular formula is C22H30FN5O. The molecule has 1 atom stereocenters. The molecule has 1 N–H and O–H groups in total. The lowest BCUT2D eigenvalue weighted by molar-refractivity contribution is 0.0512. The van der Waals surface area contributed by atoms with Crippen molar-refractivity contribution in [1.29, 1.82) is 0 Å². The molecule has 3 heterocycles. The zero-order valence-electron chi connectivity index (χ0n) is 17.3. The van der Waals surface area contributed by atoms with Crippen LogP contribution in [0.1, 0.15) is 36.3 Å². The zero-order chi connectivity index (χ0) is 20.3. The molecule has 2 aliphatic heterocycles. The number of rotatable bonds is 4. The van der Waals surface area contributed by atoms with Crippen LogP contribution >= 0.6 is 0 Å². The minimum atomic E-state index is -0.196. The first-order chi connectivity index (χ1) is 14.1. The van der Waals surface area contributed by atoms with Gasteiger partial charge < -0.3 is 15.0 Å². The number of aryl methyl sites for hydroxylation is 1. The summed E-state index contributed by atoms with van der Waals surface area (Å²) in [5, 5.41) is 7.93. The molecule has 1 unspecified atom stereocenters. The summed E-state index contributed by atoms with van der Waals surface area (Å²) in [5.41, 5.74) is 2.39. The van der Waals surface area contributed by atoms with Crippen molar-refractivity contribution >= 4 is 5.96 Å². The van der Waals surface area contributed by atoms with Gasteiger partial charge in [0.2, 0.25) is 0 Å². The molecule has 29 heavy (non-hydrogen) atoms. The molecule has 0 spiro atoms. The lowest BCUT2D eigenvalue weighted by atomic mass is 9.74. The summed E-state index contributed by atoms with van der Waals surface area (Å²) in [4.78, 5) is 6.87. The topological polar surface area (TPSA) is 54.7 Å². The van der Waals surface area contributed by atoms with Crippen molar-refractivity contribution < 1.29 is 9.13 Å². The quantitative estimate of drug-likeness (QED) is 0.634. The first-order valence-corrected chi connectivity index (χ1v) is 10.4. The van der Waals surface area contributed by atoms with E-state index in [1.54, 1.807) is 12.1 Å². The van der Waals surface area contributed by atoms with E-state index in [1.165, 1.54) is 11.1 Å². The number of hydrogen-bond donors (Lipinski definition) is 1. The number of likely N-dealkylation sites (tertiary alicyclic amines) is 1. The summed E-state index contributed by atoms with van der Waals surface area (Å²) >= 11 is 0. The highest BCUT2D eigenvalue weighted by atomic mass is 19.1. The van der Waals surface area contributed by atoms with Gasteiger partial charge in [-0.3, -0.25) is 9.67 Å². The van der Waals surface area contributed by atoms with Crippen LogP contribution in [-0.2, 0) is 17.2 Å². The average Bonchev–Trinajstić information content (AvgIpc) is 3.39. The minimum Gasteiger partial charge on any atom is -0.381 e. The normalized spacial score (nSPS) is 22.1. The lowest BCUT2D eigenvalue weighted by Gasteiger charge is -2.39. The second-order valence-corrected chi connectivity index (χ2v) is 8.18. The van der Waals surface area contributed by atoms with E-state index in [9.17, 15) is 4.39 Å². The predicted molar refractivity (Wildman–Crippen MR) is 112 cm³/mol. The number of halogens is 1. The SMILES string of the molecule is CN=C(NCC1(c2ccc(F)cc2)CCOCC1)N1CCC(c2cnn(C)c2)C1. The molecule has 1 aromatic carbocycles. The van der Waals surface area contributed by atoms with Gasteiger partial charge in [0.05, 0.1) is 6.20 Å². The van der Waals surface area contributed by atoms with Gasteiger partial charge in [-0.1, -0.05) is 12.1 Å². The van der Waals surface area contributed by atoms with Crippen molar-refractivity contribution in [3.63, 3.8) is 0 Å². The Morgan fingerprint density at radius 3 is 2.72 bits per heavy atom. The molecule has 156 valence electrons. The molecule has 6 nitrogen and oxygen atoms in total. The Morgan fingerprint density at radius 1 is 1.31 bits per heavy atom. The summed E-state index contributed by atoms with van der Waals surface area (Å²) in [6, 6.07) is 6.94. The number of guanidine groups is 1. The van der Waals surface area contributed by atoms with Gasteiger partial charge in [-0.25, -0.2) is 4.39 Å². The molecule has 1 aromatic heterocycles. The fraction of sp³-hybridized carbons (Fsp3) is 0.545. The second kappa shape index (κ2) is 8.53. The fourth-order valence-corrected chi connectivity index (χ4v) is 4.59. The van der Waals surface area contributed by atoms with Crippen molar-refractivity contribution in [3.8, 4) is 0 Å². The van der Waals surface area contributed by atoms with Gasteiger partial charge in [0, 0.05) is 64.5 Å². The Hall–Kier alpha value is -2.41. The molecule has 0 amide bonds. The van der Waals surface area contributed by atoms with Gasteiger partial charge in [-0.2, -0.15) is 5.10 Å². The van der Waals surface area contributed by atoms with Gasteiger partial charge in [0.15, 0.2) is 5.96 Å². The van der Waals surface area contributed by atoms with E-state index < -0.39 is 0 Å². The zero-order valence-corrected chi connectivity index (χ0v) is 17.3. The number of ether oxygens (including phenoxy) is 1. The van der Waals surface area contributed by atoms with Crippen molar-refractivity contribution in [1.82, 2.24) is 20.0 Å². The summed E-state index contributed by atoms with van der Waals surface area (Å²) in [7, 11) is 3.80. The van der Waals surface area contributed by atoms with E-state index in [-0.39, 0.29) is 11.2 Å². The van der Waals surface area contributed by atoms with Gasteiger partial charge in [0.25, 0.3) is 0 Å². The molecule has 2 saturated heterocycles. The Bertz CT molecular complexity index is 841. The molecule has 7 heteroatoms. The van der Waals surface area contributed by atoms with Crippen molar-refractivity contribution in [2.45, 2.75) is 30.6 Å². The maximum atomic E-state index is 13.5. The van der Waals surface area contributed by atoms with E-state index in [2.05, 4.69) is 26.5 Å². The van der Waals surface area contributed by atoms with Crippen molar-refractivity contribution in [2.75, 3.05) is 39.9 Å². The molecule has 0 saturated carbocycles. The Labute approximate surface area is 171 Å². The standard InChI is InChI=1S/C22H30FN5O/c1-24-21(28-10-7-17(15-28)18-13-26-27(2)14-18)25-16-22(8-11-29-12-9-22)19-3-5-20(23)6-4-19/h3-6,13-14,17H,7-12,15-16H2,1-2H3,(H,24,25). The first kappa shape index (κ1) is 19.9. The van der Waals surface area contributed by atoms with E-state index >= 15 is 0 Å². The van der Waals surface area contributed by atoms with Crippen LogP contribution in [0.3, 0.4) is 0 Å². The van der Waals surface area contributed by atoms with E-state index in [0.717, 1.165) is 58.1 Å². The monoisotopic (exact) mass is 399 g/mol. The van der Waals surface area contributed by atoms with E-state index in [4.69, 9.17) is 4.74 Å². The van der Waals surface area contributed by atoms with Crippen LogP contribution in [-0.4, -0.2) is 60.5 Å². The number of aliphatic imine (C=N–C) groups is 1. The van der Waals surface area contributed by atoms with Crippen LogP contribution in [0, 0.1) is 5.82 Å². The third kappa shape index (κ3) is 4.29. The van der Waals surface area contributed by atoms with Crippen LogP contribution in [0.4, 0.5) is 4.39 Å². The number of nitrogens with one attached hydrogen (secondary N) is 1. The molecule has 2 fully saturated rings. The van der Waals surface area contributed by atoms with E-state index in [0.29, 0.717) is 5.92 Å². The maximum Gasteiger partial charge on any atom is 0.193 e. The van der Waals surface area contributed by atoms with Crippen LogP contribution in [0.25, 0.3) is 0 Å². The molecule has 2 aliphatic rings. The van der Waals surface area contributed by atoms with E-state index in [1.807, 2.05) is 37.1 Å². The predicted octanol–water partition coefficient (Wildman–Crippen LogP) is 2.67. The van der Waals surface area contributed by atoms with Crippen LogP contribution < -0.4 is 5.32 Å². The maximum absolute atomic E-state index is 13.5. The first-order valence-electron chi connectivity index (χ1n) is 10.4. The van der Waals surface area contributed by atoms with Crippen molar-refractivity contribution in [3.05, 3.63) is 53.6 Å². The largest absolute Gasteiger partial charge is 0.381 e. The third-order valence-corrected chi connectivity index (χ3v) is 6.39. The fourth-order valence-electron chi connectivity index (χ4n) is 4.59. The Kier molecular flexibility index (Phi) is 5.85. The van der Waals surface area contributed by atoms with Crippen molar-refractivity contribution in [2.24, 2.45) is 12.0 Å². The Balaban J connectivity index is 1.44. The second-order valence-electron chi connectivity index (χ2n) is 8.18. The highest BCUT2D eigenvalue weighted by molar-refractivity contribution is 5.80. The smallest absolute Gasteiger partial charge is 0.193 e. The highest BCUT2D eigenvalue weighted by Gasteiger charge is 2.35. The number of nitrogens with zero attached hydrogens (tertiary/aromatic N) is 4. The molecule has 2 aromatic rings. The van der Waals surface area contributed by atoms with Gasteiger partial charge in [-0.15, -0.1) is 0 Å². The van der Waals surface area contributed by atoms with Gasteiger partial charge in [0.1, 0.15) is 5.82 Å². The molecule has 0 bridgehead atoms. The molecule has 0 radical (unpaired) electrons. The average molecular weight is 400 g/mol.